The molecule has 5 heteroatoms. The maximum atomic E-state index is 12.2. The first kappa shape index (κ1) is 14.3. The third-order valence-electron chi connectivity index (χ3n) is 3.52. The lowest BCUT2D eigenvalue weighted by Crippen LogP contribution is -2.23. The van der Waals surface area contributed by atoms with E-state index in [-0.39, 0.29) is 17.7 Å². The summed E-state index contributed by atoms with van der Waals surface area (Å²) in [6.07, 6.45) is 3.39. The lowest BCUT2D eigenvalue weighted by molar-refractivity contribution is -0.117. The van der Waals surface area contributed by atoms with E-state index in [0.717, 1.165) is 18.4 Å². The van der Waals surface area contributed by atoms with Gasteiger partial charge >= 0.3 is 0 Å². The summed E-state index contributed by atoms with van der Waals surface area (Å²) in [7, 11) is 0. The summed E-state index contributed by atoms with van der Waals surface area (Å²) in [5.74, 6) is 0.323. The van der Waals surface area contributed by atoms with Crippen LogP contribution in [-0.4, -0.2) is 16.8 Å². The summed E-state index contributed by atoms with van der Waals surface area (Å²) < 4.78 is 0. The molecule has 1 saturated carbocycles. The molecule has 1 aromatic heterocycles. The van der Waals surface area contributed by atoms with E-state index in [1.54, 1.807) is 12.1 Å². The van der Waals surface area contributed by atoms with Crippen LogP contribution < -0.4 is 10.6 Å². The highest BCUT2D eigenvalue weighted by Crippen LogP contribution is 2.29. The summed E-state index contributed by atoms with van der Waals surface area (Å²) in [5, 5.41) is 5.59. The lowest BCUT2D eigenvalue weighted by Gasteiger charge is -2.07. The van der Waals surface area contributed by atoms with Crippen LogP contribution in [-0.2, 0) is 11.3 Å². The highest BCUT2D eigenvalue weighted by molar-refractivity contribution is 5.97. The number of hydrogen-bond donors (Lipinski definition) is 2. The quantitative estimate of drug-likeness (QED) is 0.889. The van der Waals surface area contributed by atoms with Gasteiger partial charge in [0.2, 0.25) is 5.91 Å². The molecule has 1 aromatic carbocycles. The first-order valence-electron chi connectivity index (χ1n) is 7.31. The Kier molecular flexibility index (Phi) is 4.14. The maximum absolute atomic E-state index is 12.2. The molecule has 3 rings (SSSR count). The predicted molar refractivity (Wildman–Crippen MR) is 83.2 cm³/mol. The number of nitrogens with zero attached hydrogens (tertiary/aromatic N) is 1. The molecule has 0 saturated heterocycles. The van der Waals surface area contributed by atoms with Crippen molar-refractivity contribution in [2.45, 2.75) is 19.4 Å². The third kappa shape index (κ3) is 3.69. The summed E-state index contributed by atoms with van der Waals surface area (Å²) in [6, 6.07) is 12.9. The highest BCUT2D eigenvalue weighted by atomic mass is 16.2. The molecular formula is C17H17N3O2. The van der Waals surface area contributed by atoms with E-state index < -0.39 is 0 Å². The summed E-state index contributed by atoms with van der Waals surface area (Å²) in [5.41, 5.74) is 1.52. The largest absolute Gasteiger partial charge is 0.348 e. The van der Waals surface area contributed by atoms with Gasteiger partial charge in [0.1, 0.15) is 5.82 Å². The van der Waals surface area contributed by atoms with E-state index in [1.165, 1.54) is 6.20 Å². The van der Waals surface area contributed by atoms with Crippen LogP contribution in [0.3, 0.4) is 0 Å². The number of carbonyl (C=O) groups excluding carboxylic acids is 2. The number of aromatic nitrogens is 1. The molecule has 0 atom stereocenters. The zero-order chi connectivity index (χ0) is 15.4. The number of anilines is 1. The first-order valence-corrected chi connectivity index (χ1v) is 7.31. The van der Waals surface area contributed by atoms with Gasteiger partial charge in [-0.15, -0.1) is 0 Å². The molecule has 2 N–H and O–H groups in total. The van der Waals surface area contributed by atoms with E-state index >= 15 is 0 Å². The summed E-state index contributed by atoms with van der Waals surface area (Å²) in [4.78, 5) is 27.9. The van der Waals surface area contributed by atoms with E-state index in [1.807, 2.05) is 30.3 Å². The minimum atomic E-state index is -0.187. The monoisotopic (exact) mass is 295 g/mol. The van der Waals surface area contributed by atoms with Gasteiger partial charge < -0.3 is 10.6 Å². The first-order chi connectivity index (χ1) is 10.7. The molecule has 2 aromatic rings. The van der Waals surface area contributed by atoms with Crippen LogP contribution in [0, 0.1) is 5.92 Å². The number of nitrogens with one attached hydrogen (secondary N) is 2. The van der Waals surface area contributed by atoms with Crippen molar-refractivity contribution in [3.63, 3.8) is 0 Å². The van der Waals surface area contributed by atoms with Gasteiger partial charge in [-0.1, -0.05) is 30.3 Å². The van der Waals surface area contributed by atoms with E-state index in [0.29, 0.717) is 17.9 Å². The van der Waals surface area contributed by atoms with Gasteiger partial charge in [0.25, 0.3) is 5.91 Å². The van der Waals surface area contributed by atoms with Gasteiger partial charge in [-0.2, -0.15) is 0 Å². The van der Waals surface area contributed by atoms with E-state index in [4.69, 9.17) is 0 Å². The number of hydrogen-bond acceptors (Lipinski definition) is 3. The zero-order valence-electron chi connectivity index (χ0n) is 12.1. The van der Waals surface area contributed by atoms with Crippen molar-refractivity contribution in [2.75, 3.05) is 5.32 Å². The van der Waals surface area contributed by atoms with Gasteiger partial charge in [-0.3, -0.25) is 9.59 Å². The molecule has 1 heterocycles. The molecule has 1 aliphatic rings. The minimum Gasteiger partial charge on any atom is -0.348 e. The second-order valence-corrected chi connectivity index (χ2v) is 5.36. The Hall–Kier alpha value is -2.69. The fraction of sp³-hybridized carbons (Fsp3) is 0.235. The van der Waals surface area contributed by atoms with Crippen molar-refractivity contribution in [1.29, 1.82) is 0 Å². The molecule has 1 aliphatic carbocycles. The molecule has 0 unspecified atom stereocenters. The number of pyridine rings is 1. The smallest absolute Gasteiger partial charge is 0.251 e. The SMILES string of the molecule is O=C(NCc1ccccc1)c1ccnc(NC(=O)C2CC2)c1. The topological polar surface area (TPSA) is 71.1 Å². The number of carbonyl (C=O) groups is 2. The molecule has 112 valence electrons. The Morgan fingerprint density at radius 2 is 1.91 bits per heavy atom. The zero-order valence-corrected chi connectivity index (χ0v) is 12.1. The predicted octanol–water partition coefficient (Wildman–Crippen LogP) is 2.36. The van der Waals surface area contributed by atoms with Crippen molar-refractivity contribution in [1.82, 2.24) is 10.3 Å². The molecule has 5 nitrogen and oxygen atoms in total. The van der Waals surface area contributed by atoms with Crippen LogP contribution >= 0.6 is 0 Å². The van der Waals surface area contributed by atoms with E-state index in [9.17, 15) is 9.59 Å². The van der Waals surface area contributed by atoms with Crippen molar-refractivity contribution in [2.24, 2.45) is 5.92 Å². The second-order valence-electron chi connectivity index (χ2n) is 5.36. The lowest BCUT2D eigenvalue weighted by atomic mass is 10.2. The van der Waals surface area contributed by atoms with Crippen LogP contribution in [0.15, 0.2) is 48.7 Å². The summed E-state index contributed by atoms with van der Waals surface area (Å²) >= 11 is 0. The number of amides is 2. The molecule has 0 bridgehead atoms. The van der Waals surface area contributed by atoms with E-state index in [2.05, 4.69) is 15.6 Å². The molecule has 22 heavy (non-hydrogen) atoms. The Morgan fingerprint density at radius 3 is 2.64 bits per heavy atom. The average Bonchev–Trinajstić information content (AvgIpc) is 3.39. The normalized spacial score (nSPS) is 13.5. The van der Waals surface area contributed by atoms with Gasteiger partial charge in [-0.05, 0) is 30.5 Å². The van der Waals surface area contributed by atoms with Gasteiger partial charge in [0.05, 0.1) is 0 Å². The van der Waals surface area contributed by atoms with Gasteiger partial charge in [0, 0.05) is 24.2 Å². The van der Waals surface area contributed by atoms with Gasteiger partial charge in [0.15, 0.2) is 0 Å². The van der Waals surface area contributed by atoms with Crippen LogP contribution in [0.1, 0.15) is 28.8 Å². The van der Waals surface area contributed by atoms with Crippen molar-refractivity contribution in [3.05, 3.63) is 59.8 Å². The van der Waals surface area contributed by atoms with Crippen LogP contribution in [0.4, 0.5) is 5.82 Å². The molecular weight excluding hydrogens is 278 g/mol. The van der Waals surface area contributed by atoms with Gasteiger partial charge in [-0.25, -0.2) is 4.98 Å². The van der Waals surface area contributed by atoms with Crippen molar-refractivity contribution < 1.29 is 9.59 Å². The third-order valence-corrected chi connectivity index (χ3v) is 3.52. The molecule has 0 radical (unpaired) electrons. The van der Waals surface area contributed by atoms with Crippen LogP contribution in [0.2, 0.25) is 0 Å². The van der Waals surface area contributed by atoms with Crippen LogP contribution in [0.25, 0.3) is 0 Å². The fourth-order valence-corrected chi connectivity index (χ4v) is 2.09. The molecule has 1 fully saturated rings. The van der Waals surface area contributed by atoms with Crippen molar-refractivity contribution >= 4 is 17.6 Å². The number of benzene rings is 1. The Morgan fingerprint density at radius 1 is 1.14 bits per heavy atom. The van der Waals surface area contributed by atoms with Crippen LogP contribution in [0.5, 0.6) is 0 Å². The number of rotatable bonds is 5. The maximum Gasteiger partial charge on any atom is 0.251 e. The Bertz CT molecular complexity index is 681. The highest BCUT2D eigenvalue weighted by Gasteiger charge is 2.29. The Balaban J connectivity index is 1.61. The summed E-state index contributed by atoms with van der Waals surface area (Å²) in [6.45, 7) is 0.464. The second kappa shape index (κ2) is 6.39. The molecule has 0 aliphatic heterocycles. The average molecular weight is 295 g/mol. The molecule has 0 spiro atoms. The minimum absolute atomic E-state index is 0.0191. The van der Waals surface area contributed by atoms with Crippen molar-refractivity contribution in [3.8, 4) is 0 Å². The fourth-order valence-electron chi connectivity index (χ4n) is 2.09. The standard InChI is InChI=1S/C17H17N3O2/c21-16(19-11-12-4-2-1-3-5-12)14-8-9-18-15(10-14)20-17(22)13-6-7-13/h1-5,8-10,13H,6-7,11H2,(H,19,21)(H,18,20,22). The Labute approximate surface area is 128 Å². The molecule has 2 amide bonds.